The van der Waals surface area contributed by atoms with Gasteiger partial charge in [0.15, 0.2) is 0 Å². The number of likely N-dealkylation sites (tertiary alicyclic amines) is 1. The molecule has 2 atom stereocenters. The van der Waals surface area contributed by atoms with Gasteiger partial charge in [-0.25, -0.2) is 4.98 Å². The van der Waals surface area contributed by atoms with E-state index in [2.05, 4.69) is 53.8 Å². The van der Waals surface area contributed by atoms with Gasteiger partial charge in [-0.05, 0) is 52.7 Å². The van der Waals surface area contributed by atoms with Crippen molar-refractivity contribution in [1.82, 2.24) is 19.8 Å². The summed E-state index contributed by atoms with van der Waals surface area (Å²) in [6.45, 7) is 10.2. The highest BCUT2D eigenvalue weighted by molar-refractivity contribution is 5.11. The van der Waals surface area contributed by atoms with E-state index in [-0.39, 0.29) is 0 Å². The van der Waals surface area contributed by atoms with E-state index in [1.54, 1.807) is 0 Å². The van der Waals surface area contributed by atoms with Crippen LogP contribution in [0, 0.1) is 5.92 Å². The van der Waals surface area contributed by atoms with Crippen LogP contribution in [-0.4, -0.2) is 40.6 Å². The van der Waals surface area contributed by atoms with Gasteiger partial charge in [-0.2, -0.15) is 0 Å². The molecule has 0 aromatic carbocycles. The van der Waals surface area contributed by atoms with Crippen LogP contribution in [0.15, 0.2) is 12.5 Å². The van der Waals surface area contributed by atoms with Crippen molar-refractivity contribution in [1.29, 1.82) is 0 Å². The fraction of sp³-hybridized carbons (Fsp3) is 0.800. The molecule has 0 spiro atoms. The van der Waals surface area contributed by atoms with Gasteiger partial charge in [-0.1, -0.05) is 6.92 Å². The molecule has 0 bridgehead atoms. The predicted octanol–water partition coefficient (Wildman–Crippen LogP) is 2.28. The number of aryl methyl sites for hydroxylation is 1. The third kappa shape index (κ3) is 3.00. The van der Waals surface area contributed by atoms with Crippen molar-refractivity contribution in [3.63, 3.8) is 0 Å². The molecule has 1 fully saturated rings. The highest BCUT2D eigenvalue weighted by Gasteiger charge is 2.37. The van der Waals surface area contributed by atoms with Crippen LogP contribution >= 0.6 is 0 Å². The van der Waals surface area contributed by atoms with Crippen LogP contribution in [0.1, 0.15) is 45.3 Å². The van der Waals surface area contributed by atoms with Gasteiger partial charge in [0.05, 0.1) is 18.1 Å². The van der Waals surface area contributed by atoms with Crippen molar-refractivity contribution in [3.05, 3.63) is 18.2 Å². The van der Waals surface area contributed by atoms with Gasteiger partial charge in [-0.15, -0.1) is 0 Å². The van der Waals surface area contributed by atoms with E-state index in [4.69, 9.17) is 0 Å². The van der Waals surface area contributed by atoms with Crippen LogP contribution in [0.4, 0.5) is 0 Å². The summed E-state index contributed by atoms with van der Waals surface area (Å²) in [4.78, 5) is 7.02. The standard InChI is InChI=1S/C15H28N4/c1-5-7-18-11-17-10-14(18)15-13(9-16-4)6-8-19(15)12(2)3/h10-13,15-16H,5-9H2,1-4H3. The number of nitrogens with one attached hydrogen (secondary N) is 1. The normalized spacial score (nSPS) is 24.5. The van der Waals surface area contributed by atoms with Crippen molar-refractivity contribution in [2.45, 2.75) is 52.2 Å². The average Bonchev–Trinajstić information content (AvgIpc) is 2.96. The molecule has 1 aromatic rings. The molecule has 4 nitrogen and oxygen atoms in total. The molecular weight excluding hydrogens is 236 g/mol. The SMILES string of the molecule is CCCn1cncc1C1C(CNC)CCN1C(C)C. The summed E-state index contributed by atoms with van der Waals surface area (Å²) in [5.41, 5.74) is 1.40. The molecule has 0 saturated carbocycles. The van der Waals surface area contributed by atoms with Gasteiger partial charge in [-0.3, -0.25) is 4.90 Å². The van der Waals surface area contributed by atoms with E-state index in [0.717, 1.165) is 19.5 Å². The Kier molecular flexibility index (Phi) is 4.99. The summed E-state index contributed by atoms with van der Waals surface area (Å²) in [7, 11) is 2.05. The number of hydrogen-bond donors (Lipinski definition) is 1. The first-order valence-corrected chi connectivity index (χ1v) is 7.59. The Labute approximate surface area is 117 Å². The molecular formula is C15H28N4. The molecule has 108 valence electrons. The summed E-state index contributed by atoms with van der Waals surface area (Å²) in [5, 5.41) is 3.36. The molecule has 1 aliphatic heterocycles. The number of rotatable bonds is 6. The van der Waals surface area contributed by atoms with Crippen molar-refractivity contribution in [2.75, 3.05) is 20.1 Å². The maximum absolute atomic E-state index is 4.39. The van der Waals surface area contributed by atoms with Crippen LogP contribution in [0.2, 0.25) is 0 Å². The lowest BCUT2D eigenvalue weighted by Gasteiger charge is -2.32. The lowest BCUT2D eigenvalue weighted by molar-refractivity contribution is 0.175. The van der Waals surface area contributed by atoms with Gasteiger partial charge < -0.3 is 9.88 Å². The fourth-order valence-corrected chi connectivity index (χ4v) is 3.35. The Balaban J connectivity index is 2.26. The zero-order chi connectivity index (χ0) is 13.8. The van der Waals surface area contributed by atoms with E-state index < -0.39 is 0 Å². The monoisotopic (exact) mass is 264 g/mol. The maximum Gasteiger partial charge on any atom is 0.0948 e. The van der Waals surface area contributed by atoms with E-state index in [0.29, 0.717) is 18.0 Å². The molecule has 4 heteroatoms. The average molecular weight is 264 g/mol. The van der Waals surface area contributed by atoms with Crippen molar-refractivity contribution in [3.8, 4) is 0 Å². The zero-order valence-electron chi connectivity index (χ0n) is 12.8. The number of aromatic nitrogens is 2. The molecule has 0 aliphatic carbocycles. The minimum absolute atomic E-state index is 0.515. The van der Waals surface area contributed by atoms with Crippen molar-refractivity contribution in [2.24, 2.45) is 5.92 Å². The molecule has 1 aliphatic rings. The van der Waals surface area contributed by atoms with Gasteiger partial charge in [0.2, 0.25) is 0 Å². The van der Waals surface area contributed by atoms with Gasteiger partial charge in [0.1, 0.15) is 0 Å². The second kappa shape index (κ2) is 6.53. The number of hydrogen-bond acceptors (Lipinski definition) is 3. The van der Waals surface area contributed by atoms with E-state index in [1.807, 2.05) is 6.33 Å². The summed E-state index contributed by atoms with van der Waals surface area (Å²) < 4.78 is 2.34. The summed E-state index contributed by atoms with van der Waals surface area (Å²) in [6.07, 6.45) is 6.51. The van der Waals surface area contributed by atoms with Crippen molar-refractivity contribution < 1.29 is 0 Å². The molecule has 1 saturated heterocycles. The summed E-state index contributed by atoms with van der Waals surface area (Å²) in [6, 6.07) is 1.11. The van der Waals surface area contributed by atoms with E-state index in [9.17, 15) is 0 Å². The topological polar surface area (TPSA) is 33.1 Å². The van der Waals surface area contributed by atoms with Gasteiger partial charge in [0, 0.05) is 18.8 Å². The van der Waals surface area contributed by atoms with Crippen LogP contribution in [0.25, 0.3) is 0 Å². The van der Waals surface area contributed by atoms with E-state index in [1.165, 1.54) is 18.7 Å². The third-order valence-corrected chi connectivity index (χ3v) is 4.20. The number of nitrogens with zero attached hydrogens (tertiary/aromatic N) is 3. The lowest BCUT2D eigenvalue weighted by Crippen LogP contribution is -2.35. The van der Waals surface area contributed by atoms with Crippen LogP contribution in [0.5, 0.6) is 0 Å². The largest absolute Gasteiger partial charge is 0.333 e. The van der Waals surface area contributed by atoms with Gasteiger partial charge in [0.25, 0.3) is 0 Å². The molecule has 19 heavy (non-hydrogen) atoms. The Bertz CT molecular complexity index is 385. The second-order valence-electron chi connectivity index (χ2n) is 5.89. The van der Waals surface area contributed by atoms with Crippen LogP contribution in [-0.2, 0) is 6.54 Å². The van der Waals surface area contributed by atoms with Crippen LogP contribution < -0.4 is 5.32 Å². The third-order valence-electron chi connectivity index (χ3n) is 4.20. The Hall–Kier alpha value is -0.870. The lowest BCUT2D eigenvalue weighted by atomic mass is 9.97. The smallest absolute Gasteiger partial charge is 0.0948 e. The first-order valence-electron chi connectivity index (χ1n) is 7.59. The zero-order valence-corrected chi connectivity index (χ0v) is 12.8. The predicted molar refractivity (Wildman–Crippen MR) is 79.1 cm³/mol. The summed E-state index contributed by atoms with van der Waals surface area (Å²) in [5.74, 6) is 0.694. The van der Waals surface area contributed by atoms with E-state index >= 15 is 0 Å². The second-order valence-corrected chi connectivity index (χ2v) is 5.89. The maximum atomic E-state index is 4.39. The molecule has 2 rings (SSSR count). The summed E-state index contributed by atoms with van der Waals surface area (Å²) >= 11 is 0. The van der Waals surface area contributed by atoms with Crippen molar-refractivity contribution >= 4 is 0 Å². The molecule has 0 radical (unpaired) electrons. The minimum Gasteiger partial charge on any atom is -0.333 e. The minimum atomic E-state index is 0.515. The Morgan fingerprint density at radius 3 is 2.89 bits per heavy atom. The molecule has 2 unspecified atom stereocenters. The highest BCUT2D eigenvalue weighted by Crippen LogP contribution is 2.38. The first-order chi connectivity index (χ1) is 9.19. The Morgan fingerprint density at radius 1 is 1.47 bits per heavy atom. The first kappa shape index (κ1) is 14.5. The molecule has 1 N–H and O–H groups in total. The highest BCUT2D eigenvalue weighted by atomic mass is 15.2. The van der Waals surface area contributed by atoms with Gasteiger partial charge >= 0.3 is 0 Å². The van der Waals surface area contributed by atoms with Crippen LogP contribution in [0.3, 0.4) is 0 Å². The Morgan fingerprint density at radius 2 is 2.26 bits per heavy atom. The number of imidazole rings is 1. The molecule has 2 heterocycles. The quantitative estimate of drug-likeness (QED) is 0.856. The molecule has 1 aromatic heterocycles. The fourth-order valence-electron chi connectivity index (χ4n) is 3.35. The molecule has 0 amide bonds.